The predicted octanol–water partition coefficient (Wildman–Crippen LogP) is 3.77. The minimum Gasteiger partial charge on any atom is -0.467 e. The van der Waals surface area contributed by atoms with Crippen LogP contribution in [-0.4, -0.2) is 56.9 Å². The Morgan fingerprint density at radius 2 is 1.82 bits per heavy atom. The van der Waals surface area contributed by atoms with Crippen molar-refractivity contribution < 1.29 is 17.6 Å². The standard InChI is InChI=1S/C28H31N5O4S/c1-20-6-11-27(21(2)15-20)24-9-7-23(8-10-24)16-33-22(3)28(34)31(12-14-38(33,35)36)17-25-18-32(30-29-25)19-26-5-4-13-37-26/h4-11,13,15,18,22H,12,14,16-17,19H2,1-3H3. The number of carbonyl (C=O) groups excluding carboxylic acids is 1. The third-order valence-electron chi connectivity index (χ3n) is 6.90. The van der Waals surface area contributed by atoms with Crippen LogP contribution in [0.1, 0.15) is 35.1 Å². The highest BCUT2D eigenvalue weighted by atomic mass is 32.2. The number of benzene rings is 2. The molecule has 0 radical (unpaired) electrons. The van der Waals surface area contributed by atoms with E-state index < -0.39 is 16.1 Å². The second-order valence-corrected chi connectivity index (χ2v) is 11.8. The summed E-state index contributed by atoms with van der Waals surface area (Å²) in [4.78, 5) is 14.9. The summed E-state index contributed by atoms with van der Waals surface area (Å²) >= 11 is 0. The number of rotatable bonds is 7. The fourth-order valence-electron chi connectivity index (χ4n) is 4.83. The van der Waals surface area contributed by atoms with Gasteiger partial charge in [0.1, 0.15) is 24.0 Å². The normalized spacial score (nSPS) is 18.0. The van der Waals surface area contributed by atoms with Crippen LogP contribution in [0.15, 0.2) is 71.5 Å². The second-order valence-electron chi connectivity index (χ2n) is 9.80. The maximum absolute atomic E-state index is 13.4. The predicted molar refractivity (Wildman–Crippen MR) is 143 cm³/mol. The summed E-state index contributed by atoms with van der Waals surface area (Å²) in [5.74, 6) is 0.341. The fourth-order valence-corrected chi connectivity index (χ4v) is 6.43. The van der Waals surface area contributed by atoms with Gasteiger partial charge in [0.25, 0.3) is 0 Å². The number of hydrogen-bond donors (Lipinski definition) is 0. The van der Waals surface area contributed by atoms with E-state index in [-0.39, 0.29) is 31.3 Å². The van der Waals surface area contributed by atoms with Crippen LogP contribution < -0.4 is 0 Å². The van der Waals surface area contributed by atoms with E-state index >= 15 is 0 Å². The average Bonchev–Trinajstić information content (AvgIpc) is 3.55. The number of amides is 1. The minimum absolute atomic E-state index is 0.0959. The van der Waals surface area contributed by atoms with E-state index in [0.29, 0.717) is 12.2 Å². The van der Waals surface area contributed by atoms with Crippen LogP contribution in [0.4, 0.5) is 0 Å². The molecule has 3 heterocycles. The van der Waals surface area contributed by atoms with Crippen LogP contribution >= 0.6 is 0 Å². The Hall–Kier alpha value is -3.76. The Bertz CT molecular complexity index is 1530. The summed E-state index contributed by atoms with van der Waals surface area (Å²) in [5.41, 5.74) is 6.03. The van der Waals surface area contributed by atoms with Crippen molar-refractivity contribution in [1.82, 2.24) is 24.2 Å². The lowest BCUT2D eigenvalue weighted by Gasteiger charge is -2.26. The molecule has 0 saturated carbocycles. The van der Waals surface area contributed by atoms with Crippen molar-refractivity contribution in [2.45, 2.75) is 46.4 Å². The van der Waals surface area contributed by atoms with Crippen molar-refractivity contribution >= 4 is 15.9 Å². The fraction of sp³-hybridized carbons (Fsp3) is 0.321. The third-order valence-corrected chi connectivity index (χ3v) is 8.76. The third kappa shape index (κ3) is 5.56. The van der Waals surface area contributed by atoms with Gasteiger partial charge in [-0.2, -0.15) is 4.31 Å². The number of carbonyl (C=O) groups is 1. The molecule has 0 aliphatic carbocycles. The molecule has 4 aromatic rings. The van der Waals surface area contributed by atoms with Crippen LogP contribution in [0.5, 0.6) is 0 Å². The van der Waals surface area contributed by atoms with Gasteiger partial charge in [0.15, 0.2) is 0 Å². The number of nitrogens with zero attached hydrogens (tertiary/aromatic N) is 5. The minimum atomic E-state index is -3.65. The summed E-state index contributed by atoms with van der Waals surface area (Å²) in [6.45, 7) is 6.64. The molecule has 9 nitrogen and oxygen atoms in total. The van der Waals surface area contributed by atoms with E-state index in [0.717, 1.165) is 22.5 Å². The Morgan fingerprint density at radius 3 is 2.53 bits per heavy atom. The average molecular weight is 534 g/mol. The highest BCUT2D eigenvalue weighted by Crippen LogP contribution is 2.26. The molecule has 198 valence electrons. The quantitative estimate of drug-likeness (QED) is 0.359. The Balaban J connectivity index is 1.29. The van der Waals surface area contributed by atoms with Crippen molar-refractivity contribution in [1.29, 1.82) is 0 Å². The molecule has 2 aromatic heterocycles. The van der Waals surface area contributed by atoms with Crippen molar-refractivity contribution in [2.24, 2.45) is 0 Å². The van der Waals surface area contributed by atoms with Gasteiger partial charge in [-0.1, -0.05) is 53.2 Å². The lowest BCUT2D eigenvalue weighted by atomic mass is 9.98. The first-order chi connectivity index (χ1) is 18.2. The topological polar surface area (TPSA) is 102 Å². The van der Waals surface area contributed by atoms with Gasteiger partial charge in [0.05, 0.1) is 24.8 Å². The molecule has 0 bridgehead atoms. The summed E-state index contributed by atoms with van der Waals surface area (Å²) in [6, 6.07) is 17.0. The van der Waals surface area contributed by atoms with Crippen molar-refractivity contribution in [2.75, 3.05) is 12.3 Å². The molecule has 1 fully saturated rings. The van der Waals surface area contributed by atoms with E-state index in [4.69, 9.17) is 4.42 Å². The van der Waals surface area contributed by atoms with E-state index in [1.165, 1.54) is 15.4 Å². The monoisotopic (exact) mass is 533 g/mol. The summed E-state index contributed by atoms with van der Waals surface area (Å²) in [5, 5.41) is 8.26. The van der Waals surface area contributed by atoms with E-state index in [2.05, 4.69) is 42.4 Å². The zero-order chi connectivity index (χ0) is 26.9. The van der Waals surface area contributed by atoms with Gasteiger partial charge < -0.3 is 9.32 Å². The highest BCUT2D eigenvalue weighted by molar-refractivity contribution is 7.89. The summed E-state index contributed by atoms with van der Waals surface area (Å²) in [7, 11) is -3.65. The number of aryl methyl sites for hydroxylation is 2. The SMILES string of the molecule is Cc1ccc(-c2ccc(CN3C(C)C(=O)N(Cc4cn(Cc5ccco5)nn4)CCS3(=O)=O)cc2)c(C)c1. The van der Waals surface area contributed by atoms with Crippen LogP contribution in [0.2, 0.25) is 0 Å². The highest BCUT2D eigenvalue weighted by Gasteiger charge is 2.38. The Labute approximate surface area is 222 Å². The molecule has 1 aliphatic heterocycles. The molecule has 1 saturated heterocycles. The van der Waals surface area contributed by atoms with Crippen LogP contribution in [0.3, 0.4) is 0 Å². The van der Waals surface area contributed by atoms with Crippen LogP contribution in [0.25, 0.3) is 11.1 Å². The van der Waals surface area contributed by atoms with Gasteiger partial charge in [0, 0.05) is 13.1 Å². The first-order valence-corrected chi connectivity index (χ1v) is 14.2. The molecule has 1 unspecified atom stereocenters. The molecule has 1 aliphatic rings. The molecule has 0 spiro atoms. The maximum Gasteiger partial charge on any atom is 0.241 e. The maximum atomic E-state index is 13.4. The van der Waals surface area contributed by atoms with Crippen molar-refractivity contribution in [3.05, 3.63) is 95.2 Å². The van der Waals surface area contributed by atoms with Crippen LogP contribution in [0, 0.1) is 13.8 Å². The summed E-state index contributed by atoms with van der Waals surface area (Å²) in [6.07, 6.45) is 3.34. The van der Waals surface area contributed by atoms with Gasteiger partial charge in [-0.05, 0) is 55.2 Å². The lowest BCUT2D eigenvalue weighted by Crippen LogP contribution is -2.45. The first-order valence-electron chi connectivity index (χ1n) is 12.6. The molecule has 2 aromatic carbocycles. The van der Waals surface area contributed by atoms with E-state index in [1.807, 2.05) is 30.3 Å². The van der Waals surface area contributed by atoms with E-state index in [1.54, 1.807) is 35.0 Å². The van der Waals surface area contributed by atoms with Crippen LogP contribution in [-0.2, 0) is 34.5 Å². The molecular formula is C28H31N5O4S. The van der Waals surface area contributed by atoms with E-state index in [9.17, 15) is 13.2 Å². The molecular weight excluding hydrogens is 502 g/mol. The molecule has 38 heavy (non-hydrogen) atoms. The van der Waals surface area contributed by atoms with Gasteiger partial charge in [-0.3, -0.25) is 4.79 Å². The molecule has 5 rings (SSSR count). The Kier molecular flexibility index (Phi) is 7.18. The van der Waals surface area contributed by atoms with Gasteiger partial charge in [0.2, 0.25) is 15.9 Å². The van der Waals surface area contributed by atoms with Gasteiger partial charge >= 0.3 is 0 Å². The molecule has 10 heteroatoms. The molecule has 0 N–H and O–H groups in total. The first kappa shape index (κ1) is 25.9. The Morgan fingerprint density at radius 1 is 1.03 bits per heavy atom. The van der Waals surface area contributed by atoms with Gasteiger partial charge in [-0.25, -0.2) is 13.1 Å². The number of hydrogen-bond acceptors (Lipinski definition) is 6. The second kappa shape index (κ2) is 10.5. The zero-order valence-electron chi connectivity index (χ0n) is 21.7. The van der Waals surface area contributed by atoms with Crippen molar-refractivity contribution in [3.8, 4) is 11.1 Å². The number of aromatic nitrogens is 3. The lowest BCUT2D eigenvalue weighted by molar-refractivity contribution is -0.134. The number of sulfonamides is 1. The number of furan rings is 1. The van der Waals surface area contributed by atoms with Gasteiger partial charge in [-0.15, -0.1) is 5.10 Å². The molecule has 1 atom stereocenters. The summed E-state index contributed by atoms with van der Waals surface area (Å²) < 4.78 is 34.7. The molecule has 1 amide bonds. The zero-order valence-corrected chi connectivity index (χ0v) is 22.6. The largest absolute Gasteiger partial charge is 0.467 e. The smallest absolute Gasteiger partial charge is 0.241 e. The van der Waals surface area contributed by atoms with Crippen molar-refractivity contribution in [3.63, 3.8) is 0 Å².